The largest absolute Gasteiger partial charge is 0.399 e. The molecule has 0 atom stereocenters. The highest BCUT2D eigenvalue weighted by atomic mass is 35.5. The molecule has 15 heavy (non-hydrogen) atoms. The molecule has 1 aromatic heterocycles. The van der Waals surface area contributed by atoms with Crippen LogP contribution in [0.15, 0.2) is 52.5 Å². The van der Waals surface area contributed by atoms with Crippen molar-refractivity contribution in [2.45, 2.75) is 9.92 Å². The highest BCUT2D eigenvalue weighted by Gasteiger charge is 2.03. The van der Waals surface area contributed by atoms with Crippen molar-refractivity contribution < 1.29 is 0 Å². The van der Waals surface area contributed by atoms with Gasteiger partial charge < -0.3 is 5.73 Å². The van der Waals surface area contributed by atoms with Gasteiger partial charge in [-0.25, -0.2) is 4.98 Å². The number of pyridine rings is 1. The molecule has 2 rings (SSSR count). The Bertz CT molecular complexity index is 474. The lowest BCUT2D eigenvalue weighted by Gasteiger charge is -2.03. The van der Waals surface area contributed by atoms with Gasteiger partial charge in [0, 0.05) is 16.8 Å². The summed E-state index contributed by atoms with van der Waals surface area (Å²) in [5.74, 6) is 0. The number of halogens is 1. The Hall–Kier alpha value is -1.19. The van der Waals surface area contributed by atoms with Gasteiger partial charge in [0.25, 0.3) is 0 Å². The molecule has 0 aliphatic rings. The van der Waals surface area contributed by atoms with E-state index in [0.29, 0.717) is 5.02 Å². The molecule has 2 nitrogen and oxygen atoms in total. The zero-order valence-corrected chi connectivity index (χ0v) is 9.42. The van der Waals surface area contributed by atoms with E-state index in [9.17, 15) is 0 Å². The zero-order chi connectivity index (χ0) is 10.7. The average molecular weight is 237 g/mol. The maximum Gasteiger partial charge on any atom is 0.119 e. The van der Waals surface area contributed by atoms with E-state index in [1.54, 1.807) is 6.20 Å². The number of benzene rings is 1. The van der Waals surface area contributed by atoms with Gasteiger partial charge in [0.1, 0.15) is 5.03 Å². The molecular formula is C11H9ClN2S. The second-order valence-electron chi connectivity index (χ2n) is 2.96. The normalized spacial score (nSPS) is 10.2. The lowest BCUT2D eigenvalue weighted by molar-refractivity contribution is 1.13. The van der Waals surface area contributed by atoms with Crippen LogP contribution in [0.3, 0.4) is 0 Å². The van der Waals surface area contributed by atoms with Crippen molar-refractivity contribution in [1.29, 1.82) is 0 Å². The summed E-state index contributed by atoms with van der Waals surface area (Å²) in [5, 5.41) is 1.45. The number of nitrogens with zero attached hydrogens (tertiary/aromatic N) is 1. The van der Waals surface area contributed by atoms with Crippen molar-refractivity contribution in [2.75, 3.05) is 5.73 Å². The van der Waals surface area contributed by atoms with Gasteiger partial charge >= 0.3 is 0 Å². The third-order valence-electron chi connectivity index (χ3n) is 1.80. The molecule has 1 heterocycles. The van der Waals surface area contributed by atoms with Crippen molar-refractivity contribution in [3.05, 3.63) is 47.6 Å². The standard InChI is InChI=1S/C11H9ClN2S/c12-10-5-2-6-14-11(10)15-9-4-1-3-8(13)7-9/h1-7H,13H2. The summed E-state index contributed by atoms with van der Waals surface area (Å²) in [5.41, 5.74) is 6.43. The Kier molecular flexibility index (Phi) is 3.14. The van der Waals surface area contributed by atoms with Crippen LogP contribution in [0.5, 0.6) is 0 Å². The van der Waals surface area contributed by atoms with Crippen LogP contribution in [0.2, 0.25) is 5.02 Å². The number of nitrogens with two attached hydrogens (primary N) is 1. The van der Waals surface area contributed by atoms with E-state index >= 15 is 0 Å². The number of hydrogen-bond acceptors (Lipinski definition) is 3. The van der Waals surface area contributed by atoms with Crippen LogP contribution >= 0.6 is 23.4 Å². The number of rotatable bonds is 2. The quantitative estimate of drug-likeness (QED) is 0.812. The number of aromatic nitrogens is 1. The van der Waals surface area contributed by atoms with E-state index in [1.807, 2.05) is 36.4 Å². The third kappa shape index (κ3) is 2.64. The second kappa shape index (κ2) is 4.55. The second-order valence-corrected chi connectivity index (χ2v) is 4.43. The minimum absolute atomic E-state index is 0.657. The molecule has 2 N–H and O–H groups in total. The topological polar surface area (TPSA) is 38.9 Å². The number of hydrogen-bond donors (Lipinski definition) is 1. The SMILES string of the molecule is Nc1cccc(Sc2ncccc2Cl)c1. The molecule has 0 bridgehead atoms. The fraction of sp³-hybridized carbons (Fsp3) is 0. The van der Waals surface area contributed by atoms with Crippen LogP contribution in [0, 0.1) is 0 Å². The first-order valence-electron chi connectivity index (χ1n) is 4.39. The molecule has 0 unspecified atom stereocenters. The predicted molar refractivity (Wildman–Crippen MR) is 64.2 cm³/mol. The van der Waals surface area contributed by atoms with Crippen molar-refractivity contribution >= 4 is 29.1 Å². The molecule has 0 fully saturated rings. The summed E-state index contributed by atoms with van der Waals surface area (Å²) in [6.07, 6.45) is 1.72. The first-order chi connectivity index (χ1) is 7.25. The molecule has 0 saturated carbocycles. The maximum absolute atomic E-state index is 6.00. The lowest BCUT2D eigenvalue weighted by atomic mass is 10.3. The maximum atomic E-state index is 6.00. The van der Waals surface area contributed by atoms with Gasteiger partial charge in [-0.1, -0.05) is 29.4 Å². The van der Waals surface area contributed by atoms with Crippen LogP contribution < -0.4 is 5.73 Å². The molecule has 1 aromatic carbocycles. The third-order valence-corrected chi connectivity index (χ3v) is 3.22. The van der Waals surface area contributed by atoms with Crippen molar-refractivity contribution in [2.24, 2.45) is 0 Å². The minimum Gasteiger partial charge on any atom is -0.399 e. The molecule has 0 saturated heterocycles. The Morgan fingerprint density at radius 2 is 2.07 bits per heavy atom. The molecule has 0 spiro atoms. The van der Waals surface area contributed by atoms with Gasteiger partial charge in [-0.2, -0.15) is 0 Å². The van der Waals surface area contributed by atoms with Gasteiger partial charge in [-0.3, -0.25) is 0 Å². The fourth-order valence-corrected chi connectivity index (χ4v) is 2.22. The van der Waals surface area contributed by atoms with Gasteiger partial charge in [-0.05, 0) is 30.3 Å². The summed E-state index contributed by atoms with van der Waals surface area (Å²) in [4.78, 5) is 5.23. The lowest BCUT2D eigenvalue weighted by Crippen LogP contribution is -1.84. The van der Waals surface area contributed by atoms with Gasteiger partial charge in [0.05, 0.1) is 5.02 Å². The summed E-state index contributed by atoms with van der Waals surface area (Å²) < 4.78 is 0. The summed E-state index contributed by atoms with van der Waals surface area (Å²) in [7, 11) is 0. The van der Waals surface area contributed by atoms with E-state index in [-0.39, 0.29) is 0 Å². The molecule has 0 aliphatic heterocycles. The van der Waals surface area contributed by atoms with E-state index in [4.69, 9.17) is 17.3 Å². The Morgan fingerprint density at radius 1 is 1.20 bits per heavy atom. The molecular weight excluding hydrogens is 228 g/mol. The Labute approximate surface area is 97.5 Å². The average Bonchev–Trinajstić information content (AvgIpc) is 2.22. The molecule has 4 heteroatoms. The summed E-state index contributed by atoms with van der Waals surface area (Å²) in [6.45, 7) is 0. The number of nitrogen functional groups attached to an aromatic ring is 1. The van der Waals surface area contributed by atoms with E-state index in [2.05, 4.69) is 4.98 Å². The van der Waals surface area contributed by atoms with E-state index in [1.165, 1.54) is 11.8 Å². The molecule has 0 aliphatic carbocycles. The van der Waals surface area contributed by atoms with Crippen molar-refractivity contribution in [3.63, 3.8) is 0 Å². The van der Waals surface area contributed by atoms with Crippen LogP contribution in [0.1, 0.15) is 0 Å². The molecule has 2 aromatic rings. The fourth-order valence-electron chi connectivity index (χ4n) is 1.14. The van der Waals surface area contributed by atoms with Crippen LogP contribution in [-0.2, 0) is 0 Å². The first-order valence-corrected chi connectivity index (χ1v) is 5.59. The summed E-state index contributed by atoms with van der Waals surface area (Å²) in [6, 6.07) is 11.3. The smallest absolute Gasteiger partial charge is 0.119 e. The van der Waals surface area contributed by atoms with Crippen molar-refractivity contribution in [1.82, 2.24) is 4.98 Å². The highest BCUT2D eigenvalue weighted by Crippen LogP contribution is 2.31. The van der Waals surface area contributed by atoms with Gasteiger partial charge in [0.15, 0.2) is 0 Å². The first kappa shape index (κ1) is 10.3. The van der Waals surface area contributed by atoms with E-state index < -0.39 is 0 Å². The van der Waals surface area contributed by atoms with Crippen molar-refractivity contribution in [3.8, 4) is 0 Å². The Balaban J connectivity index is 2.26. The zero-order valence-electron chi connectivity index (χ0n) is 7.85. The number of anilines is 1. The van der Waals surface area contributed by atoms with Crippen LogP contribution in [0.25, 0.3) is 0 Å². The highest BCUT2D eigenvalue weighted by molar-refractivity contribution is 7.99. The van der Waals surface area contributed by atoms with Gasteiger partial charge in [-0.15, -0.1) is 0 Å². The predicted octanol–water partition coefficient (Wildman–Crippen LogP) is 3.47. The Morgan fingerprint density at radius 3 is 2.80 bits per heavy atom. The minimum atomic E-state index is 0.657. The van der Waals surface area contributed by atoms with Crippen LogP contribution in [-0.4, -0.2) is 4.98 Å². The van der Waals surface area contributed by atoms with E-state index in [0.717, 1.165) is 15.6 Å². The van der Waals surface area contributed by atoms with Crippen LogP contribution in [0.4, 0.5) is 5.69 Å². The van der Waals surface area contributed by atoms with Gasteiger partial charge in [0.2, 0.25) is 0 Å². The monoisotopic (exact) mass is 236 g/mol. The summed E-state index contributed by atoms with van der Waals surface area (Å²) >= 11 is 7.50. The molecule has 0 amide bonds. The molecule has 76 valence electrons. The molecule has 0 radical (unpaired) electrons.